The van der Waals surface area contributed by atoms with Crippen molar-refractivity contribution in [1.29, 1.82) is 0 Å². The van der Waals surface area contributed by atoms with Crippen LogP contribution < -0.4 is 10.1 Å². The fourth-order valence-electron chi connectivity index (χ4n) is 3.19. The van der Waals surface area contributed by atoms with Gasteiger partial charge >= 0.3 is 5.97 Å². The number of carboxylic acid groups (broad SMARTS) is 1. The van der Waals surface area contributed by atoms with Crippen molar-refractivity contribution in [1.82, 2.24) is 15.5 Å². The molecule has 3 aromatic rings. The van der Waals surface area contributed by atoms with Gasteiger partial charge in [-0.1, -0.05) is 12.1 Å². The summed E-state index contributed by atoms with van der Waals surface area (Å²) in [6, 6.07) is 10.7. The van der Waals surface area contributed by atoms with Crippen molar-refractivity contribution in [2.75, 3.05) is 7.11 Å². The van der Waals surface area contributed by atoms with Crippen LogP contribution in [-0.4, -0.2) is 34.3 Å². The lowest BCUT2D eigenvalue weighted by atomic mass is 9.87. The van der Waals surface area contributed by atoms with E-state index in [1.807, 2.05) is 13.0 Å². The Balaban J connectivity index is 2.02. The number of aliphatic carboxylic acids is 1. The van der Waals surface area contributed by atoms with Crippen LogP contribution in [-0.2, 0) is 10.3 Å². The third-order valence-corrected chi connectivity index (χ3v) is 4.54. The Labute approximate surface area is 156 Å². The molecule has 3 N–H and O–H groups in total. The van der Waals surface area contributed by atoms with Gasteiger partial charge in [0.15, 0.2) is 0 Å². The van der Waals surface area contributed by atoms with Crippen LogP contribution in [0.2, 0.25) is 0 Å². The van der Waals surface area contributed by atoms with Crippen molar-refractivity contribution in [3.8, 4) is 5.75 Å². The van der Waals surface area contributed by atoms with Gasteiger partial charge < -0.3 is 15.2 Å². The Morgan fingerprint density at radius 1 is 1.30 bits per heavy atom. The average Bonchev–Trinajstić information content (AvgIpc) is 3.08. The van der Waals surface area contributed by atoms with Crippen LogP contribution >= 0.6 is 0 Å². The summed E-state index contributed by atoms with van der Waals surface area (Å²) in [4.78, 5) is 24.5. The summed E-state index contributed by atoms with van der Waals surface area (Å²) in [5.74, 6) is -0.805. The molecule has 27 heavy (non-hydrogen) atoms. The van der Waals surface area contributed by atoms with Gasteiger partial charge in [-0.25, -0.2) is 0 Å². The van der Waals surface area contributed by atoms with Gasteiger partial charge in [0.2, 0.25) is 0 Å². The first-order valence-electron chi connectivity index (χ1n) is 8.45. The lowest BCUT2D eigenvalue weighted by Gasteiger charge is -2.30. The summed E-state index contributed by atoms with van der Waals surface area (Å²) in [5, 5.41) is 19.9. The Bertz CT molecular complexity index is 1010. The number of hydrogen-bond acceptors (Lipinski definition) is 4. The minimum absolute atomic E-state index is 0.274. The maximum atomic E-state index is 13.1. The number of aromatic amines is 1. The van der Waals surface area contributed by atoms with Crippen LogP contribution in [0.25, 0.3) is 10.9 Å². The van der Waals surface area contributed by atoms with E-state index in [1.54, 1.807) is 43.5 Å². The van der Waals surface area contributed by atoms with E-state index in [9.17, 15) is 14.7 Å². The molecule has 0 bridgehead atoms. The number of methoxy groups -OCH3 is 1. The molecule has 0 saturated carbocycles. The second kappa shape index (κ2) is 7.11. The summed E-state index contributed by atoms with van der Waals surface area (Å²) >= 11 is 0. The molecule has 2 aromatic carbocycles. The standard InChI is InChI=1S/C20H21N3O4/c1-12-7-13-11-21-23-18(13)16(8-12)19(26)22-20(2,10-17(24)25)14-5-4-6-15(9-14)27-3/h4-9,11H,10H2,1-3H3,(H,21,23)(H,22,26)(H,24,25). The topological polar surface area (TPSA) is 104 Å². The second-order valence-corrected chi connectivity index (χ2v) is 6.74. The number of nitrogens with one attached hydrogen (secondary N) is 2. The Morgan fingerprint density at radius 3 is 2.78 bits per heavy atom. The highest BCUT2D eigenvalue weighted by atomic mass is 16.5. The maximum absolute atomic E-state index is 13.1. The summed E-state index contributed by atoms with van der Waals surface area (Å²) in [6.07, 6.45) is 1.38. The second-order valence-electron chi connectivity index (χ2n) is 6.74. The molecular formula is C20H21N3O4. The summed E-state index contributed by atoms with van der Waals surface area (Å²) in [5.41, 5.74) is 1.47. The first kappa shape index (κ1) is 18.4. The first-order chi connectivity index (χ1) is 12.8. The number of amides is 1. The molecule has 0 fully saturated rings. The number of nitrogens with zero attached hydrogens (tertiary/aromatic N) is 1. The molecule has 0 aliphatic heterocycles. The monoisotopic (exact) mass is 367 g/mol. The van der Waals surface area contributed by atoms with E-state index in [1.165, 1.54) is 7.11 Å². The fraction of sp³-hybridized carbons (Fsp3) is 0.250. The van der Waals surface area contributed by atoms with E-state index in [0.717, 1.165) is 10.9 Å². The minimum Gasteiger partial charge on any atom is -0.497 e. The van der Waals surface area contributed by atoms with Crippen molar-refractivity contribution in [3.05, 3.63) is 59.3 Å². The zero-order chi connectivity index (χ0) is 19.6. The minimum atomic E-state index is -1.12. The highest BCUT2D eigenvalue weighted by molar-refractivity contribution is 6.06. The molecule has 140 valence electrons. The molecular weight excluding hydrogens is 346 g/mol. The molecule has 0 spiro atoms. The molecule has 0 aliphatic rings. The van der Waals surface area contributed by atoms with Gasteiger partial charge in [-0.05, 0) is 49.2 Å². The zero-order valence-corrected chi connectivity index (χ0v) is 15.4. The molecule has 0 aliphatic carbocycles. The number of ether oxygens (including phenoxy) is 1. The lowest BCUT2D eigenvalue weighted by Crippen LogP contribution is -2.45. The van der Waals surface area contributed by atoms with Crippen molar-refractivity contribution >= 4 is 22.8 Å². The third kappa shape index (κ3) is 3.76. The average molecular weight is 367 g/mol. The number of aromatic nitrogens is 2. The first-order valence-corrected chi connectivity index (χ1v) is 8.45. The highest BCUT2D eigenvalue weighted by Crippen LogP contribution is 2.29. The number of rotatable bonds is 6. The smallest absolute Gasteiger partial charge is 0.306 e. The number of H-pyrrole nitrogens is 1. The molecule has 1 amide bonds. The number of fused-ring (bicyclic) bond motifs is 1. The maximum Gasteiger partial charge on any atom is 0.306 e. The number of aryl methyl sites for hydroxylation is 1. The van der Waals surface area contributed by atoms with Gasteiger partial charge in [0.25, 0.3) is 5.91 Å². The quantitative estimate of drug-likeness (QED) is 0.621. The van der Waals surface area contributed by atoms with Gasteiger partial charge in [0.05, 0.1) is 36.3 Å². The van der Waals surface area contributed by atoms with Gasteiger partial charge in [0.1, 0.15) is 5.75 Å². The molecule has 1 atom stereocenters. The fourth-order valence-corrected chi connectivity index (χ4v) is 3.19. The molecule has 1 unspecified atom stereocenters. The third-order valence-electron chi connectivity index (χ3n) is 4.54. The van der Waals surface area contributed by atoms with E-state index < -0.39 is 11.5 Å². The number of carbonyl (C=O) groups is 2. The van der Waals surface area contributed by atoms with Crippen LogP contribution in [0.3, 0.4) is 0 Å². The molecule has 0 radical (unpaired) electrons. The zero-order valence-electron chi connectivity index (χ0n) is 15.4. The van der Waals surface area contributed by atoms with Gasteiger partial charge in [0, 0.05) is 5.39 Å². The Kier molecular flexibility index (Phi) is 4.85. The van der Waals surface area contributed by atoms with Gasteiger partial charge in [-0.2, -0.15) is 5.10 Å². The predicted octanol–water partition coefficient (Wildman–Crippen LogP) is 3.00. The van der Waals surface area contributed by atoms with Crippen molar-refractivity contribution in [2.45, 2.75) is 25.8 Å². The molecule has 3 rings (SSSR count). The van der Waals surface area contributed by atoms with Crippen LogP contribution in [0.5, 0.6) is 5.75 Å². The summed E-state index contributed by atoms with van der Waals surface area (Å²) in [7, 11) is 1.54. The Morgan fingerprint density at radius 2 is 2.07 bits per heavy atom. The molecule has 1 heterocycles. The van der Waals surface area contributed by atoms with Crippen LogP contribution in [0.1, 0.15) is 34.8 Å². The van der Waals surface area contributed by atoms with Crippen LogP contribution in [0.4, 0.5) is 0 Å². The normalized spacial score (nSPS) is 13.1. The van der Waals surface area contributed by atoms with E-state index in [4.69, 9.17) is 4.74 Å². The van der Waals surface area contributed by atoms with E-state index in [-0.39, 0.29) is 12.3 Å². The molecule has 1 aromatic heterocycles. The molecule has 7 nitrogen and oxygen atoms in total. The number of hydrogen-bond donors (Lipinski definition) is 3. The van der Waals surface area contributed by atoms with Gasteiger partial charge in [-0.3, -0.25) is 14.7 Å². The summed E-state index contributed by atoms with van der Waals surface area (Å²) < 4.78 is 5.23. The molecule has 0 saturated heterocycles. The molecule has 7 heteroatoms. The van der Waals surface area contributed by atoms with Crippen molar-refractivity contribution < 1.29 is 19.4 Å². The van der Waals surface area contributed by atoms with Gasteiger partial charge in [-0.15, -0.1) is 0 Å². The van der Waals surface area contributed by atoms with E-state index >= 15 is 0 Å². The number of carboxylic acids is 1. The number of carbonyl (C=O) groups excluding carboxylic acids is 1. The highest BCUT2D eigenvalue weighted by Gasteiger charge is 2.33. The van der Waals surface area contributed by atoms with E-state index in [0.29, 0.717) is 22.4 Å². The SMILES string of the molecule is COc1cccc(C(C)(CC(=O)O)NC(=O)c2cc(C)cc3cn[nH]c23)c1. The van der Waals surface area contributed by atoms with Crippen LogP contribution in [0, 0.1) is 6.92 Å². The number of benzene rings is 2. The predicted molar refractivity (Wildman–Crippen MR) is 101 cm³/mol. The Hall–Kier alpha value is -3.35. The largest absolute Gasteiger partial charge is 0.497 e. The van der Waals surface area contributed by atoms with Crippen molar-refractivity contribution in [2.24, 2.45) is 0 Å². The van der Waals surface area contributed by atoms with E-state index in [2.05, 4.69) is 15.5 Å². The summed E-state index contributed by atoms with van der Waals surface area (Å²) in [6.45, 7) is 3.58. The lowest BCUT2D eigenvalue weighted by molar-refractivity contribution is -0.138. The van der Waals surface area contributed by atoms with Crippen molar-refractivity contribution in [3.63, 3.8) is 0 Å². The van der Waals surface area contributed by atoms with Crippen LogP contribution in [0.15, 0.2) is 42.6 Å².